The first-order valence-electron chi connectivity index (χ1n) is 12.1. The van der Waals surface area contributed by atoms with Crippen LogP contribution in [0, 0.1) is 5.92 Å². The highest BCUT2D eigenvalue weighted by Gasteiger charge is 2.29. The van der Waals surface area contributed by atoms with E-state index in [2.05, 4.69) is 11.8 Å². The molecule has 1 saturated heterocycles. The molecule has 198 valence electrons. The second kappa shape index (κ2) is 11.4. The Bertz CT molecular complexity index is 1360. The Hall–Kier alpha value is -3.22. The molecule has 0 aromatic heterocycles. The molecule has 0 spiro atoms. The topological polar surface area (TPSA) is 137 Å². The van der Waals surface area contributed by atoms with Crippen LogP contribution < -0.4 is 20.8 Å². The number of carbonyl (C=O) groups excluding carboxylic acids is 1. The minimum absolute atomic E-state index is 0.0269. The van der Waals surface area contributed by atoms with Gasteiger partial charge in [-0.15, -0.1) is 4.83 Å². The standard InChI is InChI=1S/C26H33N5O5S/c1-18-10-12-30(13-11-18)26(32)31(17-19-4-3-5-22(14-19)25(27)28-33)29-37(34,35)24-9-7-20-15-23(36-2)8-6-21(20)16-24/h3-9,14-16,18,25,28-29,33H,10-13,17,27H2,1-2H3. The van der Waals surface area contributed by atoms with Crippen molar-refractivity contribution in [2.24, 2.45) is 11.7 Å². The van der Waals surface area contributed by atoms with E-state index in [1.54, 1.807) is 60.5 Å². The van der Waals surface area contributed by atoms with E-state index in [-0.39, 0.29) is 11.4 Å². The number of piperidine rings is 1. The average molecular weight is 528 g/mol. The minimum Gasteiger partial charge on any atom is -0.497 e. The zero-order valence-electron chi connectivity index (χ0n) is 20.9. The normalized spacial score (nSPS) is 15.5. The lowest BCUT2D eigenvalue weighted by atomic mass is 10.00. The number of fused-ring (bicyclic) bond motifs is 1. The fourth-order valence-corrected chi connectivity index (χ4v) is 5.41. The summed E-state index contributed by atoms with van der Waals surface area (Å²) in [6.45, 7) is 3.22. The number of sulfonamides is 1. The van der Waals surface area contributed by atoms with E-state index in [4.69, 9.17) is 10.5 Å². The number of amides is 2. The van der Waals surface area contributed by atoms with Crippen LogP contribution in [0.15, 0.2) is 65.6 Å². The van der Waals surface area contributed by atoms with Crippen molar-refractivity contribution in [3.05, 3.63) is 71.8 Å². The molecule has 11 heteroatoms. The van der Waals surface area contributed by atoms with Crippen molar-refractivity contribution in [2.75, 3.05) is 20.2 Å². The molecule has 0 radical (unpaired) electrons. The van der Waals surface area contributed by atoms with Gasteiger partial charge >= 0.3 is 6.03 Å². The largest absolute Gasteiger partial charge is 0.497 e. The molecule has 10 nitrogen and oxygen atoms in total. The Kier molecular flexibility index (Phi) is 8.30. The highest BCUT2D eigenvalue weighted by molar-refractivity contribution is 7.89. The molecule has 0 aliphatic carbocycles. The van der Waals surface area contributed by atoms with Gasteiger partial charge in [-0.1, -0.05) is 43.3 Å². The third-order valence-corrected chi connectivity index (χ3v) is 7.97. The summed E-state index contributed by atoms with van der Waals surface area (Å²) >= 11 is 0. The monoisotopic (exact) mass is 527 g/mol. The van der Waals surface area contributed by atoms with Gasteiger partial charge in [0, 0.05) is 13.1 Å². The van der Waals surface area contributed by atoms with Crippen molar-refractivity contribution >= 4 is 26.8 Å². The van der Waals surface area contributed by atoms with E-state index in [1.807, 2.05) is 11.5 Å². The summed E-state index contributed by atoms with van der Waals surface area (Å²) in [6.07, 6.45) is 0.889. The van der Waals surface area contributed by atoms with E-state index in [0.29, 0.717) is 35.9 Å². The smallest absolute Gasteiger partial charge is 0.335 e. The van der Waals surface area contributed by atoms with Gasteiger partial charge in [0.2, 0.25) is 0 Å². The lowest BCUT2D eigenvalue weighted by Crippen LogP contribution is -2.53. The quantitative estimate of drug-likeness (QED) is 0.260. The molecule has 4 rings (SSSR count). The number of rotatable bonds is 8. The van der Waals surface area contributed by atoms with Gasteiger partial charge in [0.1, 0.15) is 11.9 Å². The molecule has 37 heavy (non-hydrogen) atoms. The van der Waals surface area contributed by atoms with Crippen molar-refractivity contribution in [1.29, 1.82) is 0 Å². The molecule has 0 bridgehead atoms. The van der Waals surface area contributed by atoms with Gasteiger partial charge in [-0.3, -0.25) is 0 Å². The van der Waals surface area contributed by atoms with Gasteiger partial charge in [-0.05, 0) is 64.9 Å². The third kappa shape index (κ3) is 6.38. The van der Waals surface area contributed by atoms with E-state index in [1.165, 1.54) is 6.07 Å². The van der Waals surface area contributed by atoms with Crippen molar-refractivity contribution in [2.45, 2.75) is 37.4 Å². The SMILES string of the molecule is COc1ccc2cc(S(=O)(=O)NN(Cc3cccc(C(N)NO)c3)C(=O)N3CCC(C)CC3)ccc2c1. The molecule has 1 fully saturated rings. The van der Waals surface area contributed by atoms with Crippen LogP contribution in [-0.2, 0) is 16.6 Å². The Labute approximate surface area is 217 Å². The van der Waals surface area contributed by atoms with E-state index < -0.39 is 22.2 Å². The summed E-state index contributed by atoms with van der Waals surface area (Å²) in [7, 11) is -2.52. The second-order valence-corrected chi connectivity index (χ2v) is 11.0. The number of ether oxygens (including phenoxy) is 1. The van der Waals surface area contributed by atoms with Crippen molar-refractivity contribution < 1.29 is 23.2 Å². The van der Waals surface area contributed by atoms with Crippen LogP contribution in [0.2, 0.25) is 0 Å². The number of likely N-dealkylation sites (tertiary alicyclic amines) is 1. The maximum atomic E-state index is 13.5. The minimum atomic E-state index is -4.09. The number of nitrogens with zero attached hydrogens (tertiary/aromatic N) is 2. The third-order valence-electron chi connectivity index (χ3n) is 6.63. The fraction of sp³-hybridized carbons (Fsp3) is 0.346. The fourth-order valence-electron chi connectivity index (χ4n) is 4.35. The Balaban J connectivity index is 1.63. The Morgan fingerprint density at radius 2 is 1.84 bits per heavy atom. The number of hydroxylamine groups is 1. The number of urea groups is 1. The summed E-state index contributed by atoms with van der Waals surface area (Å²) in [4.78, 5) is 17.7. The molecule has 1 atom stereocenters. The van der Waals surface area contributed by atoms with Crippen LogP contribution in [0.1, 0.15) is 37.1 Å². The number of benzene rings is 3. The molecule has 1 aliphatic heterocycles. The van der Waals surface area contributed by atoms with Crippen LogP contribution in [0.4, 0.5) is 4.79 Å². The first-order valence-corrected chi connectivity index (χ1v) is 13.6. The number of carbonyl (C=O) groups is 1. The zero-order chi connectivity index (χ0) is 26.6. The maximum Gasteiger partial charge on any atom is 0.335 e. The highest BCUT2D eigenvalue weighted by Crippen LogP contribution is 2.24. The van der Waals surface area contributed by atoms with Crippen LogP contribution in [0.3, 0.4) is 0 Å². The predicted octanol–water partition coefficient (Wildman–Crippen LogP) is 3.33. The summed E-state index contributed by atoms with van der Waals surface area (Å²) < 4.78 is 32.1. The van der Waals surface area contributed by atoms with Gasteiger partial charge < -0.3 is 20.6 Å². The number of hydrogen-bond acceptors (Lipinski definition) is 7. The Morgan fingerprint density at radius 3 is 2.54 bits per heavy atom. The molecule has 1 unspecified atom stereocenters. The first-order chi connectivity index (χ1) is 17.7. The van der Waals surface area contributed by atoms with E-state index >= 15 is 0 Å². The van der Waals surface area contributed by atoms with Gasteiger partial charge in [-0.2, -0.15) is 5.48 Å². The second-order valence-electron chi connectivity index (χ2n) is 9.36. The van der Waals surface area contributed by atoms with E-state index in [0.717, 1.165) is 28.6 Å². The summed E-state index contributed by atoms with van der Waals surface area (Å²) in [5, 5.41) is 11.9. The van der Waals surface area contributed by atoms with Gasteiger partial charge in [0.15, 0.2) is 0 Å². The van der Waals surface area contributed by atoms with Crippen LogP contribution in [0.25, 0.3) is 10.8 Å². The lowest BCUT2D eigenvalue weighted by molar-refractivity contribution is 0.123. The molecule has 5 N–H and O–H groups in total. The molecule has 1 heterocycles. The van der Waals surface area contributed by atoms with Gasteiger partial charge in [0.05, 0.1) is 18.6 Å². The maximum absolute atomic E-state index is 13.5. The van der Waals surface area contributed by atoms with Crippen LogP contribution in [0.5, 0.6) is 5.75 Å². The number of hydrogen-bond donors (Lipinski definition) is 4. The summed E-state index contributed by atoms with van der Waals surface area (Å²) in [6, 6.07) is 16.7. The van der Waals surface area contributed by atoms with Gasteiger partial charge in [0.25, 0.3) is 10.0 Å². The molecule has 2 amide bonds. The van der Waals surface area contributed by atoms with Crippen molar-refractivity contribution in [1.82, 2.24) is 20.2 Å². The van der Waals surface area contributed by atoms with Crippen LogP contribution in [-0.4, -0.2) is 49.8 Å². The zero-order valence-corrected chi connectivity index (χ0v) is 21.7. The molecule has 3 aromatic carbocycles. The Morgan fingerprint density at radius 1 is 1.14 bits per heavy atom. The molecule has 0 saturated carbocycles. The average Bonchev–Trinajstić information content (AvgIpc) is 2.91. The molecule has 3 aromatic rings. The van der Waals surface area contributed by atoms with Gasteiger partial charge in [-0.25, -0.2) is 18.2 Å². The van der Waals surface area contributed by atoms with E-state index in [9.17, 15) is 18.4 Å². The predicted molar refractivity (Wildman–Crippen MR) is 140 cm³/mol. The molecular weight excluding hydrogens is 494 g/mol. The van der Waals surface area contributed by atoms with Crippen molar-refractivity contribution in [3.8, 4) is 5.75 Å². The van der Waals surface area contributed by atoms with Crippen molar-refractivity contribution in [3.63, 3.8) is 0 Å². The summed E-state index contributed by atoms with van der Waals surface area (Å²) in [5.74, 6) is 1.18. The molecular formula is C26H33N5O5S. The number of nitrogens with one attached hydrogen (secondary N) is 2. The number of nitrogens with two attached hydrogens (primary N) is 1. The summed E-state index contributed by atoms with van der Waals surface area (Å²) in [5.41, 5.74) is 9.09. The lowest BCUT2D eigenvalue weighted by Gasteiger charge is -2.34. The number of methoxy groups -OCH3 is 1. The molecule has 1 aliphatic rings. The number of hydrazine groups is 1. The highest BCUT2D eigenvalue weighted by atomic mass is 32.2. The van der Waals surface area contributed by atoms with Crippen LogP contribution >= 0.6 is 0 Å². The first kappa shape index (κ1) is 26.8.